The van der Waals surface area contributed by atoms with Crippen LogP contribution in [0, 0.1) is 39.5 Å². The molecule has 1 N–H and O–H groups in total. The quantitative estimate of drug-likeness (QED) is 0.0313. The van der Waals surface area contributed by atoms with Crippen LogP contribution in [0.5, 0.6) is 17.5 Å². The van der Waals surface area contributed by atoms with Gasteiger partial charge in [-0.25, -0.2) is 18.4 Å². The summed E-state index contributed by atoms with van der Waals surface area (Å²) in [5.41, 5.74) is -2.15. The number of aromatic nitrogens is 3. The number of nitrogens with zero attached hydrogens (tertiary/aromatic N) is 7. The van der Waals surface area contributed by atoms with Crippen molar-refractivity contribution < 1.29 is 52.1 Å². The summed E-state index contributed by atoms with van der Waals surface area (Å²) in [4.78, 5) is 56.1. The largest absolute Gasteiger partial charge is 0.513 e. The number of benzene rings is 3. The zero-order chi connectivity index (χ0) is 47.4. The molecule has 1 amide bonds. The molecule has 19 heteroatoms. The van der Waals surface area contributed by atoms with Gasteiger partial charge in [-0.15, -0.1) is 6.42 Å². The number of nitro groups is 1. The predicted molar refractivity (Wildman–Crippen MR) is 240 cm³/mol. The Morgan fingerprint density at radius 1 is 1.04 bits per heavy atom. The molecule has 5 aromatic rings. The number of hydrogen-bond acceptors (Lipinski definition) is 14. The van der Waals surface area contributed by atoms with Gasteiger partial charge < -0.3 is 33.7 Å². The van der Waals surface area contributed by atoms with Crippen LogP contribution in [0.3, 0.4) is 0 Å². The maximum absolute atomic E-state index is 17.7. The number of amides is 1. The summed E-state index contributed by atoms with van der Waals surface area (Å²) in [6, 6.07) is 10.4. The first-order valence-corrected chi connectivity index (χ1v) is 22.0. The van der Waals surface area contributed by atoms with Crippen LogP contribution in [-0.4, -0.2) is 117 Å². The number of terminal acetylenes is 1. The Kier molecular flexibility index (Phi) is 11.7. The number of methoxy groups -OCH3 is 1. The standard InChI is InChI=1S/C48H49F2N7O10/c1-6-34-37(49)13-8-28-20-33(66-27-63-5)21-35(38(28)34)40-39(50)41-36(22-51-40)42(54-23-30-15-18-48(25-54,46(2,3)4)56(30)44(58)59)53-43(52-41)65-26-47-16-7-19-55(47)31(14-17-47)24-64-45(60)67-32-11-9-29(10-12-32)57(61)62/h1,8-13,20-22,30-31H,7,14-19,23-27H2,2-5H3,(H,58,59)/t30?,31-,47-,48?/m0/s1. The van der Waals surface area contributed by atoms with Crippen molar-refractivity contribution in [1.82, 2.24) is 24.8 Å². The SMILES string of the molecule is C#Cc1c(F)ccc2cc(OCOC)cc(-c3ncc4c(N5CC6CCC(C(C)(C)C)(C5)N6C(=O)O)nc(OC[C@@]56CCCN5[C@H](COC(=O)Oc5ccc([N+](=O)[O-])cc5)CC6)nc4c3F)c12. The molecule has 4 aliphatic heterocycles. The highest BCUT2D eigenvalue weighted by Gasteiger charge is 2.59. The van der Waals surface area contributed by atoms with Gasteiger partial charge in [0.25, 0.3) is 5.69 Å². The molecule has 2 unspecified atom stereocenters. The smallest absolute Gasteiger partial charge is 0.468 e. The molecule has 4 atom stereocenters. The lowest BCUT2D eigenvalue weighted by molar-refractivity contribution is -0.384. The fourth-order valence-electron chi connectivity index (χ4n) is 10.8. The summed E-state index contributed by atoms with van der Waals surface area (Å²) < 4.78 is 61.2. The zero-order valence-corrected chi connectivity index (χ0v) is 37.4. The van der Waals surface area contributed by atoms with E-state index in [1.165, 1.54) is 55.8 Å². The molecule has 67 heavy (non-hydrogen) atoms. The Morgan fingerprint density at radius 3 is 2.55 bits per heavy atom. The van der Waals surface area contributed by atoms with Crippen LogP contribution in [0.2, 0.25) is 0 Å². The minimum absolute atomic E-state index is 0.0296. The number of piperazine rings is 1. The molecule has 6 heterocycles. The van der Waals surface area contributed by atoms with Gasteiger partial charge in [0.15, 0.2) is 12.6 Å². The highest BCUT2D eigenvalue weighted by Crippen LogP contribution is 2.51. The molecule has 4 fully saturated rings. The minimum atomic E-state index is -1.00. The average molecular weight is 922 g/mol. The lowest BCUT2D eigenvalue weighted by Gasteiger charge is -2.54. The summed E-state index contributed by atoms with van der Waals surface area (Å²) in [5, 5.41) is 22.5. The van der Waals surface area contributed by atoms with Crippen molar-refractivity contribution in [2.24, 2.45) is 5.41 Å². The van der Waals surface area contributed by atoms with Gasteiger partial charge in [0, 0.05) is 55.5 Å². The van der Waals surface area contributed by atoms with Crippen molar-refractivity contribution in [3.63, 3.8) is 0 Å². The van der Waals surface area contributed by atoms with E-state index in [0.29, 0.717) is 49.2 Å². The number of fused-ring (bicyclic) bond motifs is 5. The summed E-state index contributed by atoms with van der Waals surface area (Å²) in [7, 11) is 1.46. The van der Waals surface area contributed by atoms with Gasteiger partial charge in [-0.3, -0.25) is 24.9 Å². The van der Waals surface area contributed by atoms with E-state index in [1.54, 1.807) is 11.0 Å². The van der Waals surface area contributed by atoms with Crippen molar-refractivity contribution in [3.8, 4) is 41.1 Å². The second-order valence-corrected chi connectivity index (χ2v) is 18.6. The van der Waals surface area contributed by atoms with Crippen LogP contribution >= 0.6 is 0 Å². The molecule has 3 aromatic carbocycles. The molecule has 0 radical (unpaired) electrons. The number of anilines is 1. The Labute approximate surface area is 384 Å². The normalized spacial score (nSPS) is 22.5. The molecule has 0 aliphatic carbocycles. The molecule has 0 saturated carbocycles. The highest BCUT2D eigenvalue weighted by molar-refractivity contribution is 6.03. The third-order valence-electron chi connectivity index (χ3n) is 14.1. The Balaban J connectivity index is 1.07. The third-order valence-corrected chi connectivity index (χ3v) is 14.1. The van der Waals surface area contributed by atoms with E-state index in [2.05, 4.69) is 15.8 Å². The van der Waals surface area contributed by atoms with Crippen molar-refractivity contribution >= 4 is 45.4 Å². The van der Waals surface area contributed by atoms with Gasteiger partial charge >= 0.3 is 18.3 Å². The van der Waals surface area contributed by atoms with Crippen LogP contribution in [0.15, 0.2) is 54.7 Å². The van der Waals surface area contributed by atoms with Crippen molar-refractivity contribution in [1.29, 1.82) is 0 Å². The molecule has 9 rings (SSSR count). The number of nitro benzene ring substituents is 1. The van der Waals surface area contributed by atoms with Crippen LogP contribution in [0.1, 0.15) is 64.9 Å². The summed E-state index contributed by atoms with van der Waals surface area (Å²) in [5.74, 6) is 1.63. The van der Waals surface area contributed by atoms with Gasteiger partial charge in [-0.2, -0.15) is 9.97 Å². The number of ether oxygens (including phenoxy) is 5. The molecule has 17 nitrogen and oxygen atoms in total. The van der Waals surface area contributed by atoms with E-state index in [4.69, 9.17) is 40.1 Å². The number of hydrogen-bond donors (Lipinski definition) is 1. The third kappa shape index (κ3) is 8.01. The number of non-ortho nitro benzene ring substituents is 1. The first-order chi connectivity index (χ1) is 32.1. The van der Waals surface area contributed by atoms with Crippen LogP contribution < -0.4 is 19.1 Å². The van der Waals surface area contributed by atoms with E-state index in [1.807, 2.05) is 25.7 Å². The van der Waals surface area contributed by atoms with Gasteiger partial charge in [0.05, 0.1) is 33.0 Å². The van der Waals surface area contributed by atoms with Crippen molar-refractivity contribution in [2.75, 3.05) is 51.7 Å². The molecule has 350 valence electrons. The molecular formula is C48H49F2N7O10. The fraction of sp³-hybridized carbons (Fsp3) is 0.438. The zero-order valence-electron chi connectivity index (χ0n) is 37.4. The van der Waals surface area contributed by atoms with E-state index in [9.17, 15) is 24.8 Å². The Morgan fingerprint density at radius 2 is 1.84 bits per heavy atom. The topological polar surface area (TPSA) is 192 Å². The monoisotopic (exact) mass is 921 g/mol. The second kappa shape index (κ2) is 17.4. The molecule has 4 saturated heterocycles. The van der Waals surface area contributed by atoms with Crippen molar-refractivity contribution in [2.45, 2.75) is 82.5 Å². The number of rotatable bonds is 12. The molecule has 2 bridgehead atoms. The molecule has 2 aromatic heterocycles. The van der Waals surface area contributed by atoms with Crippen LogP contribution in [-0.2, 0) is 9.47 Å². The fourth-order valence-corrected chi connectivity index (χ4v) is 10.8. The average Bonchev–Trinajstić information content (AvgIpc) is 3.95. The summed E-state index contributed by atoms with van der Waals surface area (Å²) in [6.07, 6.45) is 9.58. The minimum Gasteiger partial charge on any atom is -0.468 e. The number of carbonyl (C=O) groups excluding carboxylic acids is 1. The summed E-state index contributed by atoms with van der Waals surface area (Å²) >= 11 is 0. The Bertz CT molecular complexity index is 2840. The van der Waals surface area contributed by atoms with E-state index in [-0.39, 0.29) is 95.7 Å². The van der Waals surface area contributed by atoms with E-state index in [0.717, 1.165) is 12.8 Å². The highest BCUT2D eigenvalue weighted by atomic mass is 19.1. The maximum Gasteiger partial charge on any atom is 0.513 e. The van der Waals surface area contributed by atoms with Gasteiger partial charge in [0.1, 0.15) is 47.6 Å². The number of pyridine rings is 1. The molecule has 0 spiro atoms. The second-order valence-electron chi connectivity index (χ2n) is 18.6. The number of carbonyl (C=O) groups is 2. The van der Waals surface area contributed by atoms with Gasteiger partial charge in [-0.05, 0) is 86.2 Å². The van der Waals surface area contributed by atoms with Gasteiger partial charge in [0.2, 0.25) is 0 Å². The lowest BCUT2D eigenvalue weighted by Crippen LogP contribution is -2.68. The van der Waals surface area contributed by atoms with E-state index >= 15 is 8.78 Å². The molecule has 4 aliphatic rings. The van der Waals surface area contributed by atoms with Crippen molar-refractivity contribution in [3.05, 3.63) is 82.0 Å². The molecular weight excluding hydrogens is 873 g/mol. The number of halogens is 2. The summed E-state index contributed by atoms with van der Waals surface area (Å²) in [6.45, 7) is 7.33. The van der Waals surface area contributed by atoms with Crippen LogP contribution in [0.25, 0.3) is 32.9 Å². The Hall–Kier alpha value is -6.91. The predicted octanol–water partition coefficient (Wildman–Crippen LogP) is 8.33. The first kappa shape index (κ1) is 45.3. The maximum atomic E-state index is 17.7. The van der Waals surface area contributed by atoms with E-state index < -0.39 is 45.3 Å². The van der Waals surface area contributed by atoms with Crippen LogP contribution in [0.4, 0.5) is 29.9 Å². The van der Waals surface area contributed by atoms with Gasteiger partial charge in [-0.1, -0.05) is 32.8 Å². The lowest BCUT2D eigenvalue weighted by atomic mass is 9.71. The first-order valence-electron chi connectivity index (χ1n) is 22.0. The number of carboxylic acid groups (broad SMARTS) is 1.